The van der Waals surface area contributed by atoms with Gasteiger partial charge in [-0.2, -0.15) is 0 Å². The first-order valence-electron chi connectivity index (χ1n) is 7.31. The zero-order valence-electron chi connectivity index (χ0n) is 13.5. The molecule has 2 aromatic rings. The molecule has 5 heteroatoms. The molecule has 0 saturated heterocycles. The highest BCUT2D eigenvalue weighted by Crippen LogP contribution is 2.39. The Morgan fingerprint density at radius 1 is 1.09 bits per heavy atom. The minimum absolute atomic E-state index is 0. The van der Waals surface area contributed by atoms with Crippen molar-refractivity contribution in [2.24, 2.45) is 0 Å². The summed E-state index contributed by atoms with van der Waals surface area (Å²) in [4.78, 5) is 2.30. The molecule has 124 valence electrons. The van der Waals surface area contributed by atoms with Gasteiger partial charge in [0.2, 0.25) is 0 Å². The molecule has 1 aliphatic heterocycles. The SMILES string of the molecule is COc1ccc(C2CN(C)Cc3c(Cl)cccc32)cc1OC.Cl. The molecule has 2 aromatic carbocycles. The minimum atomic E-state index is 0. The molecule has 0 aromatic heterocycles. The van der Waals surface area contributed by atoms with Gasteiger partial charge in [0, 0.05) is 24.0 Å². The van der Waals surface area contributed by atoms with Gasteiger partial charge in [-0.15, -0.1) is 12.4 Å². The van der Waals surface area contributed by atoms with Gasteiger partial charge in [0.05, 0.1) is 14.2 Å². The average molecular weight is 354 g/mol. The molecule has 1 unspecified atom stereocenters. The Morgan fingerprint density at radius 3 is 2.52 bits per heavy atom. The summed E-state index contributed by atoms with van der Waals surface area (Å²) in [5, 5.41) is 0.842. The van der Waals surface area contributed by atoms with Crippen LogP contribution in [-0.2, 0) is 6.54 Å². The van der Waals surface area contributed by atoms with Gasteiger partial charge in [-0.05, 0) is 41.9 Å². The highest BCUT2D eigenvalue weighted by atomic mass is 35.5. The fraction of sp³-hybridized carbons (Fsp3) is 0.333. The average Bonchev–Trinajstić information content (AvgIpc) is 2.54. The lowest BCUT2D eigenvalue weighted by Gasteiger charge is -2.33. The maximum Gasteiger partial charge on any atom is 0.161 e. The van der Waals surface area contributed by atoms with Gasteiger partial charge in [-0.3, -0.25) is 0 Å². The second kappa shape index (κ2) is 7.43. The van der Waals surface area contributed by atoms with Gasteiger partial charge < -0.3 is 14.4 Å². The van der Waals surface area contributed by atoms with Crippen molar-refractivity contribution in [1.29, 1.82) is 0 Å². The van der Waals surface area contributed by atoms with E-state index in [1.165, 1.54) is 16.7 Å². The van der Waals surface area contributed by atoms with E-state index in [9.17, 15) is 0 Å². The number of rotatable bonds is 3. The number of nitrogens with zero attached hydrogens (tertiary/aromatic N) is 1. The van der Waals surface area contributed by atoms with Crippen LogP contribution in [0.3, 0.4) is 0 Å². The summed E-state index contributed by atoms with van der Waals surface area (Å²) in [7, 11) is 5.44. The number of fused-ring (bicyclic) bond motifs is 1. The summed E-state index contributed by atoms with van der Waals surface area (Å²) in [6, 6.07) is 12.3. The first-order valence-corrected chi connectivity index (χ1v) is 7.69. The van der Waals surface area contributed by atoms with Crippen molar-refractivity contribution in [2.45, 2.75) is 12.5 Å². The van der Waals surface area contributed by atoms with E-state index in [0.29, 0.717) is 0 Å². The number of hydrogen-bond acceptors (Lipinski definition) is 3. The van der Waals surface area contributed by atoms with Gasteiger partial charge >= 0.3 is 0 Å². The summed E-state index contributed by atoms with van der Waals surface area (Å²) in [6.07, 6.45) is 0. The van der Waals surface area contributed by atoms with Gasteiger partial charge in [0.1, 0.15) is 0 Å². The molecular weight excluding hydrogens is 333 g/mol. The first kappa shape index (κ1) is 17.9. The lowest BCUT2D eigenvalue weighted by atomic mass is 9.84. The van der Waals surface area contributed by atoms with E-state index < -0.39 is 0 Å². The number of benzene rings is 2. The molecule has 0 aliphatic carbocycles. The van der Waals surface area contributed by atoms with Crippen molar-refractivity contribution in [3.05, 3.63) is 58.1 Å². The maximum absolute atomic E-state index is 6.40. The summed E-state index contributed by atoms with van der Waals surface area (Å²) < 4.78 is 10.8. The Hall–Kier alpha value is -1.42. The molecular formula is C18H21Cl2NO2. The largest absolute Gasteiger partial charge is 0.493 e. The fourth-order valence-electron chi connectivity index (χ4n) is 3.17. The van der Waals surface area contributed by atoms with Crippen LogP contribution in [0.25, 0.3) is 0 Å². The van der Waals surface area contributed by atoms with E-state index in [4.69, 9.17) is 21.1 Å². The number of halogens is 2. The predicted molar refractivity (Wildman–Crippen MR) is 96.4 cm³/mol. The second-order valence-electron chi connectivity index (χ2n) is 5.67. The van der Waals surface area contributed by atoms with Crippen molar-refractivity contribution in [3.8, 4) is 11.5 Å². The Labute approximate surface area is 148 Å². The van der Waals surface area contributed by atoms with Crippen LogP contribution in [0.1, 0.15) is 22.6 Å². The molecule has 3 rings (SSSR count). The highest BCUT2D eigenvalue weighted by Gasteiger charge is 2.26. The molecule has 3 nitrogen and oxygen atoms in total. The third-order valence-corrected chi connectivity index (χ3v) is 4.62. The van der Waals surface area contributed by atoms with Gasteiger partial charge in [-0.1, -0.05) is 29.8 Å². The van der Waals surface area contributed by atoms with E-state index in [0.717, 1.165) is 29.6 Å². The second-order valence-corrected chi connectivity index (χ2v) is 6.08. The van der Waals surface area contributed by atoms with Crippen molar-refractivity contribution in [2.75, 3.05) is 27.8 Å². The molecule has 23 heavy (non-hydrogen) atoms. The molecule has 0 radical (unpaired) electrons. The molecule has 0 fully saturated rings. The van der Waals surface area contributed by atoms with Crippen LogP contribution >= 0.6 is 24.0 Å². The zero-order valence-corrected chi connectivity index (χ0v) is 15.1. The standard InChI is InChI=1S/C18H20ClNO2.ClH/c1-20-10-14(13-5-4-6-16(19)15(13)11-20)12-7-8-17(21-2)18(9-12)22-3;/h4-9,14H,10-11H2,1-3H3;1H. The third kappa shape index (κ3) is 3.42. The van der Waals surface area contributed by atoms with Crippen LogP contribution in [0, 0.1) is 0 Å². The lowest BCUT2D eigenvalue weighted by Crippen LogP contribution is -2.31. The highest BCUT2D eigenvalue weighted by molar-refractivity contribution is 6.31. The molecule has 0 amide bonds. The van der Waals surface area contributed by atoms with Crippen molar-refractivity contribution < 1.29 is 9.47 Å². The van der Waals surface area contributed by atoms with E-state index in [-0.39, 0.29) is 18.3 Å². The fourth-order valence-corrected chi connectivity index (χ4v) is 3.41. The van der Waals surface area contributed by atoms with E-state index in [1.807, 2.05) is 18.2 Å². The molecule has 1 aliphatic rings. The van der Waals surface area contributed by atoms with Gasteiger partial charge in [0.25, 0.3) is 0 Å². The van der Waals surface area contributed by atoms with E-state index in [2.05, 4.69) is 30.1 Å². The summed E-state index contributed by atoms with van der Waals surface area (Å²) >= 11 is 6.40. The smallest absolute Gasteiger partial charge is 0.161 e. The predicted octanol–water partition coefficient (Wildman–Crippen LogP) is 4.36. The summed E-state index contributed by atoms with van der Waals surface area (Å²) in [6.45, 7) is 1.85. The number of ether oxygens (including phenoxy) is 2. The zero-order chi connectivity index (χ0) is 15.7. The van der Waals surface area contributed by atoms with Crippen molar-refractivity contribution >= 4 is 24.0 Å². The lowest BCUT2D eigenvalue weighted by molar-refractivity contribution is 0.294. The Bertz CT molecular complexity index is 691. The van der Waals surface area contributed by atoms with Crippen molar-refractivity contribution in [1.82, 2.24) is 4.90 Å². The third-order valence-electron chi connectivity index (χ3n) is 4.26. The first-order chi connectivity index (χ1) is 10.6. The molecule has 1 heterocycles. The van der Waals surface area contributed by atoms with Crippen LogP contribution in [0.15, 0.2) is 36.4 Å². The molecule has 0 spiro atoms. The maximum atomic E-state index is 6.40. The molecule has 0 saturated carbocycles. The monoisotopic (exact) mass is 353 g/mol. The van der Waals surface area contributed by atoms with Crippen molar-refractivity contribution in [3.63, 3.8) is 0 Å². The molecule has 1 atom stereocenters. The minimum Gasteiger partial charge on any atom is -0.493 e. The van der Waals surface area contributed by atoms with E-state index in [1.54, 1.807) is 14.2 Å². The molecule has 0 bridgehead atoms. The Kier molecular flexibility index (Phi) is 5.79. The van der Waals surface area contributed by atoms with Crippen LogP contribution in [0.2, 0.25) is 5.02 Å². The Balaban J connectivity index is 0.00000192. The van der Waals surface area contributed by atoms with Crippen LogP contribution in [-0.4, -0.2) is 32.7 Å². The van der Waals surface area contributed by atoms with E-state index >= 15 is 0 Å². The summed E-state index contributed by atoms with van der Waals surface area (Å²) in [5.74, 6) is 1.80. The number of methoxy groups -OCH3 is 2. The van der Waals surface area contributed by atoms with Gasteiger partial charge in [0.15, 0.2) is 11.5 Å². The van der Waals surface area contributed by atoms with Gasteiger partial charge in [-0.25, -0.2) is 0 Å². The topological polar surface area (TPSA) is 21.7 Å². The normalized spacial score (nSPS) is 17.1. The Morgan fingerprint density at radius 2 is 1.83 bits per heavy atom. The van der Waals surface area contributed by atoms with Crippen LogP contribution in [0.4, 0.5) is 0 Å². The number of hydrogen-bond donors (Lipinski definition) is 0. The van der Waals surface area contributed by atoms with Crippen LogP contribution in [0.5, 0.6) is 11.5 Å². The quantitative estimate of drug-likeness (QED) is 0.818. The summed E-state index contributed by atoms with van der Waals surface area (Å²) in [5.41, 5.74) is 3.74. The number of likely N-dealkylation sites (N-methyl/N-ethyl adjacent to an activating group) is 1. The van der Waals surface area contributed by atoms with Crippen LogP contribution < -0.4 is 9.47 Å². The molecule has 0 N–H and O–H groups in total.